The van der Waals surface area contributed by atoms with E-state index in [2.05, 4.69) is 44.0 Å². The van der Waals surface area contributed by atoms with Gasteiger partial charge in [0.05, 0.1) is 18.8 Å². The van der Waals surface area contributed by atoms with Crippen molar-refractivity contribution in [3.8, 4) is 0 Å². The number of β-amino-alcohol motifs (C(OH)–C–C–N with tert-alkyl or cyclic N) is 1. The van der Waals surface area contributed by atoms with E-state index < -0.39 is 6.10 Å². The Morgan fingerprint density at radius 3 is 2.67 bits per heavy atom. The van der Waals surface area contributed by atoms with Crippen LogP contribution in [0, 0.1) is 0 Å². The Morgan fingerprint density at radius 2 is 1.85 bits per heavy atom. The smallest absolute Gasteiger partial charge is 0.225 e. The van der Waals surface area contributed by atoms with Crippen LogP contribution in [0.15, 0.2) is 42.7 Å². The average molecular weight is 368 g/mol. The number of nitrogens with zero attached hydrogens (tertiary/aromatic N) is 4. The Labute approximate surface area is 160 Å². The van der Waals surface area contributed by atoms with Gasteiger partial charge in [0.2, 0.25) is 5.95 Å². The van der Waals surface area contributed by atoms with Crippen LogP contribution in [-0.2, 0) is 11.2 Å². The lowest BCUT2D eigenvalue weighted by Gasteiger charge is -2.35. The van der Waals surface area contributed by atoms with E-state index in [4.69, 9.17) is 4.74 Å². The van der Waals surface area contributed by atoms with Crippen LogP contribution in [0.3, 0.4) is 0 Å². The van der Waals surface area contributed by atoms with Gasteiger partial charge in [0, 0.05) is 45.1 Å². The number of hydrogen-bond acceptors (Lipinski definition) is 6. The summed E-state index contributed by atoms with van der Waals surface area (Å²) in [5.41, 5.74) is 2.69. The van der Waals surface area contributed by atoms with Gasteiger partial charge in [-0.05, 0) is 36.5 Å². The molecule has 0 amide bonds. The summed E-state index contributed by atoms with van der Waals surface area (Å²) in [6.45, 7) is 4.61. The number of aliphatic hydroxyl groups is 1. The predicted octanol–water partition coefficient (Wildman–Crippen LogP) is 2.05. The van der Waals surface area contributed by atoms with E-state index in [1.165, 1.54) is 11.1 Å². The van der Waals surface area contributed by atoms with Crippen LogP contribution in [0.25, 0.3) is 0 Å². The van der Waals surface area contributed by atoms with E-state index in [1.807, 2.05) is 6.07 Å². The molecule has 0 unspecified atom stereocenters. The molecule has 1 aromatic carbocycles. The molecule has 0 bridgehead atoms. The summed E-state index contributed by atoms with van der Waals surface area (Å²) >= 11 is 0. The molecule has 1 aromatic heterocycles. The third-order valence-corrected chi connectivity index (χ3v) is 5.48. The molecule has 1 aliphatic carbocycles. The third kappa shape index (κ3) is 4.64. The van der Waals surface area contributed by atoms with Crippen LogP contribution in [0.5, 0.6) is 0 Å². The van der Waals surface area contributed by atoms with Crippen LogP contribution in [0.2, 0.25) is 0 Å². The maximum Gasteiger partial charge on any atom is 0.225 e. The number of piperazine rings is 1. The fourth-order valence-electron chi connectivity index (χ4n) is 4.05. The van der Waals surface area contributed by atoms with Crippen molar-refractivity contribution in [2.24, 2.45) is 0 Å². The minimum Gasteiger partial charge on any atom is -0.389 e. The number of fused-ring (bicyclic) bond motifs is 1. The highest BCUT2D eigenvalue weighted by atomic mass is 16.5. The second kappa shape index (κ2) is 8.78. The van der Waals surface area contributed by atoms with Crippen LogP contribution in [0.1, 0.15) is 30.1 Å². The number of hydrogen-bond donors (Lipinski definition) is 1. The maximum absolute atomic E-state index is 10.5. The molecule has 2 atom stereocenters. The van der Waals surface area contributed by atoms with E-state index in [0.29, 0.717) is 13.2 Å². The number of benzene rings is 1. The molecule has 1 aliphatic heterocycles. The predicted molar refractivity (Wildman–Crippen MR) is 105 cm³/mol. The number of aliphatic hydroxyl groups excluding tert-OH is 1. The van der Waals surface area contributed by atoms with Gasteiger partial charge in [0.1, 0.15) is 0 Å². The minimum atomic E-state index is -0.460. The highest BCUT2D eigenvalue weighted by molar-refractivity contribution is 5.31. The van der Waals surface area contributed by atoms with Gasteiger partial charge in [-0.25, -0.2) is 9.97 Å². The molecule has 6 nitrogen and oxygen atoms in total. The van der Waals surface area contributed by atoms with Crippen molar-refractivity contribution in [3.63, 3.8) is 0 Å². The first-order valence-corrected chi connectivity index (χ1v) is 9.91. The maximum atomic E-state index is 10.5. The van der Waals surface area contributed by atoms with E-state index in [1.54, 1.807) is 12.4 Å². The van der Waals surface area contributed by atoms with Gasteiger partial charge < -0.3 is 14.7 Å². The summed E-state index contributed by atoms with van der Waals surface area (Å²) in [6, 6.07) is 10.4. The lowest BCUT2D eigenvalue weighted by Crippen LogP contribution is -2.49. The van der Waals surface area contributed by atoms with Gasteiger partial charge in [0.15, 0.2) is 0 Å². The minimum absolute atomic E-state index is 0.122. The van der Waals surface area contributed by atoms with Crippen molar-refractivity contribution in [2.45, 2.75) is 31.5 Å². The monoisotopic (exact) mass is 368 g/mol. The Kier molecular flexibility index (Phi) is 5.97. The van der Waals surface area contributed by atoms with Gasteiger partial charge in [-0.2, -0.15) is 0 Å². The van der Waals surface area contributed by atoms with Crippen molar-refractivity contribution in [2.75, 3.05) is 44.2 Å². The van der Waals surface area contributed by atoms with Gasteiger partial charge >= 0.3 is 0 Å². The summed E-state index contributed by atoms with van der Waals surface area (Å²) in [5, 5.41) is 10.5. The molecule has 27 heavy (non-hydrogen) atoms. The molecule has 0 saturated carbocycles. The first-order chi connectivity index (χ1) is 13.3. The van der Waals surface area contributed by atoms with E-state index in [9.17, 15) is 5.11 Å². The standard InChI is InChI=1S/C21H28N4O2/c26-18(16-27-20-8-3-6-17-5-1-2-7-19(17)20)15-24-11-13-25(14-12-24)21-22-9-4-10-23-21/h1-2,4-5,7,9-10,18,20,26H,3,6,8,11-16H2/t18-,20-/m0/s1. The Morgan fingerprint density at radius 1 is 1.07 bits per heavy atom. The quantitative estimate of drug-likeness (QED) is 0.842. The zero-order chi connectivity index (χ0) is 18.5. The van der Waals surface area contributed by atoms with Crippen molar-refractivity contribution in [1.82, 2.24) is 14.9 Å². The fourth-order valence-corrected chi connectivity index (χ4v) is 4.05. The van der Waals surface area contributed by atoms with Crippen LogP contribution in [-0.4, -0.2) is 65.4 Å². The summed E-state index contributed by atoms with van der Waals surface area (Å²) in [7, 11) is 0. The van der Waals surface area contributed by atoms with Gasteiger partial charge in [0.25, 0.3) is 0 Å². The van der Waals surface area contributed by atoms with Gasteiger partial charge in [-0.1, -0.05) is 24.3 Å². The molecule has 0 radical (unpaired) electrons. The van der Waals surface area contributed by atoms with E-state index in [-0.39, 0.29) is 6.10 Å². The van der Waals surface area contributed by atoms with Gasteiger partial charge in [-0.15, -0.1) is 0 Å². The molecule has 1 saturated heterocycles. The molecule has 144 valence electrons. The molecule has 1 N–H and O–H groups in total. The normalized spacial score (nSPS) is 21.7. The first-order valence-electron chi connectivity index (χ1n) is 9.91. The molecule has 4 rings (SSSR count). The molecule has 2 heterocycles. The van der Waals surface area contributed by atoms with E-state index in [0.717, 1.165) is 51.4 Å². The summed E-state index contributed by atoms with van der Waals surface area (Å²) in [4.78, 5) is 13.1. The summed E-state index contributed by atoms with van der Waals surface area (Å²) in [6.07, 6.45) is 6.54. The molecule has 2 aliphatic rings. The summed E-state index contributed by atoms with van der Waals surface area (Å²) < 4.78 is 6.10. The first kappa shape index (κ1) is 18.3. The van der Waals surface area contributed by atoms with E-state index >= 15 is 0 Å². The van der Waals surface area contributed by atoms with Crippen LogP contribution in [0.4, 0.5) is 5.95 Å². The fraction of sp³-hybridized carbons (Fsp3) is 0.524. The largest absolute Gasteiger partial charge is 0.389 e. The van der Waals surface area contributed by atoms with Gasteiger partial charge in [-0.3, -0.25) is 4.90 Å². The highest BCUT2D eigenvalue weighted by Crippen LogP contribution is 2.32. The molecule has 0 spiro atoms. The lowest BCUT2D eigenvalue weighted by molar-refractivity contribution is -0.0285. The number of aromatic nitrogens is 2. The molecule has 6 heteroatoms. The molecule has 2 aromatic rings. The number of aryl methyl sites for hydroxylation is 1. The van der Waals surface area contributed by atoms with Crippen molar-refractivity contribution < 1.29 is 9.84 Å². The Bertz CT molecular complexity index is 719. The summed E-state index contributed by atoms with van der Waals surface area (Å²) in [5.74, 6) is 0.789. The zero-order valence-electron chi connectivity index (χ0n) is 15.7. The topological polar surface area (TPSA) is 61.7 Å². The Balaban J connectivity index is 1.22. The van der Waals surface area contributed by atoms with Crippen LogP contribution < -0.4 is 4.90 Å². The third-order valence-electron chi connectivity index (χ3n) is 5.48. The lowest BCUT2D eigenvalue weighted by atomic mass is 9.89. The Hall–Kier alpha value is -2.02. The second-order valence-corrected chi connectivity index (χ2v) is 7.40. The van der Waals surface area contributed by atoms with Crippen molar-refractivity contribution in [1.29, 1.82) is 0 Å². The second-order valence-electron chi connectivity index (χ2n) is 7.40. The average Bonchev–Trinajstić information content (AvgIpc) is 2.73. The van der Waals surface area contributed by atoms with Crippen molar-refractivity contribution >= 4 is 5.95 Å². The number of ether oxygens (including phenoxy) is 1. The molecule has 1 fully saturated rings. The molecular weight excluding hydrogens is 340 g/mol. The zero-order valence-corrected chi connectivity index (χ0v) is 15.7. The SMILES string of the molecule is O[C@H](CO[C@H]1CCCc2ccccc21)CN1CCN(c2ncccn2)CC1. The molecular formula is C21H28N4O2. The highest BCUT2D eigenvalue weighted by Gasteiger charge is 2.23. The number of anilines is 1. The van der Waals surface area contributed by atoms with Crippen LogP contribution >= 0.6 is 0 Å². The van der Waals surface area contributed by atoms with Crippen molar-refractivity contribution in [3.05, 3.63) is 53.9 Å². The number of rotatable bonds is 6.